The molecule has 0 saturated carbocycles. The van der Waals surface area contributed by atoms with Crippen molar-refractivity contribution in [2.24, 2.45) is 4.99 Å². The third-order valence-electron chi connectivity index (χ3n) is 4.61. The summed E-state index contributed by atoms with van der Waals surface area (Å²) in [5, 5.41) is 6.62. The molecule has 30 heavy (non-hydrogen) atoms. The Morgan fingerprint density at radius 1 is 1.03 bits per heavy atom. The van der Waals surface area contributed by atoms with E-state index in [-0.39, 0.29) is 24.0 Å². The van der Waals surface area contributed by atoms with Gasteiger partial charge in [0.25, 0.3) is 0 Å². The fraction of sp³-hybridized carbons (Fsp3) is 0.348. The van der Waals surface area contributed by atoms with Crippen LogP contribution >= 0.6 is 24.0 Å². The first kappa shape index (κ1) is 23.9. The summed E-state index contributed by atoms with van der Waals surface area (Å²) in [4.78, 5) is 7.05. The zero-order valence-electron chi connectivity index (χ0n) is 17.9. The van der Waals surface area contributed by atoms with Crippen LogP contribution in [-0.2, 0) is 6.54 Å². The molecular weight excluding hydrogens is 491 g/mol. The highest BCUT2D eigenvalue weighted by Gasteiger charge is 2.08. The number of methoxy groups -OCH3 is 1. The first-order chi connectivity index (χ1) is 14.2. The number of hydrogen-bond donors (Lipinski definition) is 2. The number of aliphatic imine (C=N–C) groups is 1. The molecule has 0 amide bonds. The van der Waals surface area contributed by atoms with Crippen LogP contribution in [0.1, 0.15) is 19.4 Å². The number of ether oxygens (including phenoxy) is 2. The van der Waals surface area contributed by atoms with Gasteiger partial charge in [-0.1, -0.05) is 24.3 Å². The van der Waals surface area contributed by atoms with Gasteiger partial charge >= 0.3 is 0 Å². The van der Waals surface area contributed by atoms with Crippen molar-refractivity contribution in [2.75, 3.05) is 43.6 Å². The van der Waals surface area contributed by atoms with E-state index < -0.39 is 0 Å². The lowest BCUT2D eigenvalue weighted by atomic mass is 10.2. The fourth-order valence-corrected chi connectivity index (χ4v) is 3.14. The Morgan fingerprint density at radius 2 is 1.77 bits per heavy atom. The normalized spacial score (nSPS) is 13.0. The number of hydrogen-bond acceptors (Lipinski definition) is 4. The summed E-state index contributed by atoms with van der Waals surface area (Å²) < 4.78 is 11.0. The van der Waals surface area contributed by atoms with Crippen molar-refractivity contribution in [1.29, 1.82) is 0 Å². The molecule has 0 aliphatic carbocycles. The van der Waals surface area contributed by atoms with E-state index in [0.29, 0.717) is 18.9 Å². The highest BCUT2D eigenvalue weighted by Crippen LogP contribution is 2.30. The number of rotatable bonds is 8. The van der Waals surface area contributed by atoms with Gasteiger partial charge in [0.05, 0.1) is 20.3 Å². The summed E-state index contributed by atoms with van der Waals surface area (Å²) in [6.07, 6.45) is 4.39. The third kappa shape index (κ3) is 6.55. The largest absolute Gasteiger partial charge is 0.493 e. The lowest BCUT2D eigenvalue weighted by Crippen LogP contribution is -2.30. The average Bonchev–Trinajstić information content (AvgIpc) is 3.29. The number of anilines is 2. The summed E-state index contributed by atoms with van der Waals surface area (Å²) in [6.45, 7) is 7.95. The van der Waals surface area contributed by atoms with Crippen LogP contribution in [0.5, 0.6) is 11.5 Å². The molecule has 1 aliphatic heterocycles. The second-order valence-electron chi connectivity index (χ2n) is 6.66. The summed E-state index contributed by atoms with van der Waals surface area (Å²) >= 11 is 0. The van der Waals surface area contributed by atoms with Gasteiger partial charge in [-0.2, -0.15) is 0 Å². The van der Waals surface area contributed by atoms with E-state index in [0.717, 1.165) is 37.0 Å². The Bertz CT molecular complexity index is 845. The molecule has 0 fully saturated rings. The van der Waals surface area contributed by atoms with E-state index in [1.807, 2.05) is 25.1 Å². The van der Waals surface area contributed by atoms with Crippen LogP contribution in [0.4, 0.5) is 11.4 Å². The number of halogens is 1. The van der Waals surface area contributed by atoms with Gasteiger partial charge in [0, 0.05) is 37.1 Å². The number of nitrogens with one attached hydrogen (secondary N) is 2. The molecule has 2 aromatic carbocycles. The standard InChI is InChI=1S/C23H30N4O2.HI/c1-4-24-23(26-19-10-13-21(29-5-2)22(16-19)28-3)25-17-18-8-11-20(12-9-18)27-14-6-7-15-27;/h6-13,16H,4-5,14-15,17H2,1-3H3,(H2,24,25,26);1H. The molecule has 0 spiro atoms. The van der Waals surface area contributed by atoms with Crippen LogP contribution in [0.15, 0.2) is 59.6 Å². The number of benzene rings is 2. The van der Waals surface area contributed by atoms with E-state index in [1.165, 1.54) is 11.3 Å². The molecule has 162 valence electrons. The third-order valence-corrected chi connectivity index (χ3v) is 4.61. The predicted molar refractivity (Wildman–Crippen MR) is 136 cm³/mol. The van der Waals surface area contributed by atoms with Crippen LogP contribution in [0.3, 0.4) is 0 Å². The molecule has 0 atom stereocenters. The van der Waals surface area contributed by atoms with Crippen molar-refractivity contribution in [3.8, 4) is 11.5 Å². The Labute approximate surface area is 196 Å². The zero-order valence-corrected chi connectivity index (χ0v) is 20.2. The fourth-order valence-electron chi connectivity index (χ4n) is 3.14. The minimum atomic E-state index is 0. The van der Waals surface area contributed by atoms with Gasteiger partial charge in [-0.3, -0.25) is 0 Å². The van der Waals surface area contributed by atoms with Gasteiger partial charge < -0.3 is 25.0 Å². The van der Waals surface area contributed by atoms with Crippen molar-refractivity contribution in [3.05, 3.63) is 60.2 Å². The molecule has 2 aromatic rings. The van der Waals surface area contributed by atoms with E-state index >= 15 is 0 Å². The van der Waals surface area contributed by atoms with Gasteiger partial charge in [-0.05, 0) is 43.7 Å². The lowest BCUT2D eigenvalue weighted by molar-refractivity contribution is 0.311. The minimum absolute atomic E-state index is 0. The van der Waals surface area contributed by atoms with E-state index in [2.05, 4.69) is 58.9 Å². The van der Waals surface area contributed by atoms with Crippen LogP contribution < -0.4 is 25.0 Å². The van der Waals surface area contributed by atoms with E-state index in [9.17, 15) is 0 Å². The summed E-state index contributed by atoms with van der Waals surface area (Å²) in [5.41, 5.74) is 3.30. The van der Waals surface area contributed by atoms with Gasteiger partial charge in [-0.25, -0.2) is 4.99 Å². The first-order valence-electron chi connectivity index (χ1n) is 10.1. The zero-order chi connectivity index (χ0) is 20.5. The van der Waals surface area contributed by atoms with E-state index in [1.54, 1.807) is 7.11 Å². The van der Waals surface area contributed by atoms with Gasteiger partial charge in [0.2, 0.25) is 0 Å². The molecule has 0 radical (unpaired) electrons. The Hall–Kier alpha value is -2.42. The van der Waals surface area contributed by atoms with Crippen LogP contribution in [0.2, 0.25) is 0 Å². The van der Waals surface area contributed by atoms with Crippen molar-refractivity contribution >= 4 is 41.3 Å². The molecule has 0 unspecified atom stereocenters. The maximum atomic E-state index is 5.58. The summed E-state index contributed by atoms with van der Waals surface area (Å²) in [6, 6.07) is 14.4. The monoisotopic (exact) mass is 522 g/mol. The predicted octanol–water partition coefficient (Wildman–Crippen LogP) is 4.67. The smallest absolute Gasteiger partial charge is 0.196 e. The highest BCUT2D eigenvalue weighted by atomic mass is 127. The number of guanidine groups is 1. The Morgan fingerprint density at radius 3 is 2.40 bits per heavy atom. The van der Waals surface area contributed by atoms with Crippen LogP contribution in [-0.4, -0.2) is 39.3 Å². The molecule has 1 aliphatic rings. The van der Waals surface area contributed by atoms with Crippen molar-refractivity contribution in [3.63, 3.8) is 0 Å². The molecule has 0 aromatic heterocycles. The van der Waals surface area contributed by atoms with E-state index in [4.69, 9.17) is 14.5 Å². The van der Waals surface area contributed by atoms with Crippen molar-refractivity contribution in [2.45, 2.75) is 20.4 Å². The van der Waals surface area contributed by atoms with Crippen molar-refractivity contribution < 1.29 is 9.47 Å². The molecule has 0 bridgehead atoms. The van der Waals surface area contributed by atoms with Gasteiger partial charge in [0.1, 0.15) is 0 Å². The number of nitrogens with zero attached hydrogens (tertiary/aromatic N) is 2. The maximum Gasteiger partial charge on any atom is 0.196 e. The topological polar surface area (TPSA) is 58.1 Å². The highest BCUT2D eigenvalue weighted by molar-refractivity contribution is 14.0. The molecule has 3 rings (SSSR count). The van der Waals surface area contributed by atoms with Crippen LogP contribution in [0.25, 0.3) is 0 Å². The molecule has 1 heterocycles. The summed E-state index contributed by atoms with van der Waals surface area (Å²) in [5.74, 6) is 2.15. The molecule has 6 nitrogen and oxygen atoms in total. The Balaban J connectivity index is 0.00000320. The SMILES string of the molecule is CCNC(=NCc1ccc(N2CC=CC2)cc1)Nc1ccc(OCC)c(OC)c1.I. The lowest BCUT2D eigenvalue weighted by Gasteiger charge is -2.17. The quantitative estimate of drug-likeness (QED) is 0.229. The van der Waals surface area contributed by atoms with Crippen molar-refractivity contribution in [1.82, 2.24) is 5.32 Å². The van der Waals surface area contributed by atoms with Gasteiger partial charge in [-0.15, -0.1) is 24.0 Å². The average molecular weight is 522 g/mol. The molecule has 7 heteroatoms. The molecule has 0 saturated heterocycles. The molecular formula is C23H31IN4O2. The van der Waals surface area contributed by atoms with Crippen LogP contribution in [0, 0.1) is 0 Å². The minimum Gasteiger partial charge on any atom is -0.493 e. The first-order valence-corrected chi connectivity index (χ1v) is 10.1. The second kappa shape index (κ2) is 12.3. The summed E-state index contributed by atoms with van der Waals surface area (Å²) in [7, 11) is 1.64. The maximum absolute atomic E-state index is 5.58. The molecule has 2 N–H and O–H groups in total. The van der Waals surface area contributed by atoms with Gasteiger partial charge in [0.15, 0.2) is 17.5 Å². The Kier molecular flexibility index (Phi) is 9.79. The second-order valence-corrected chi connectivity index (χ2v) is 6.66.